The summed E-state index contributed by atoms with van der Waals surface area (Å²) in [5.41, 5.74) is 1.94. The Morgan fingerprint density at radius 2 is 1.92 bits per heavy atom. The van der Waals surface area contributed by atoms with Crippen LogP contribution in [0.15, 0.2) is 6.07 Å². The van der Waals surface area contributed by atoms with Gasteiger partial charge in [0.05, 0.1) is 12.2 Å². The highest BCUT2D eigenvalue weighted by atomic mass is 19.1. The molecule has 1 aromatic carbocycles. The van der Waals surface area contributed by atoms with Crippen molar-refractivity contribution in [2.75, 3.05) is 31.1 Å². The van der Waals surface area contributed by atoms with Crippen molar-refractivity contribution in [1.82, 2.24) is 15.5 Å². The molecule has 0 saturated carbocycles. The minimum Gasteiger partial charge on any atom is -0.366 e. The van der Waals surface area contributed by atoms with Gasteiger partial charge >= 0.3 is 0 Å². The second kappa shape index (κ2) is 6.35. The van der Waals surface area contributed by atoms with Crippen molar-refractivity contribution in [3.05, 3.63) is 28.6 Å². The van der Waals surface area contributed by atoms with Gasteiger partial charge < -0.3 is 15.1 Å². The molecule has 0 bridgehead atoms. The third kappa shape index (κ3) is 2.65. The molecule has 7 nitrogen and oxygen atoms in total. The summed E-state index contributed by atoms with van der Waals surface area (Å²) < 4.78 is 15.3. The molecule has 0 aliphatic carbocycles. The van der Waals surface area contributed by atoms with E-state index in [2.05, 4.69) is 10.6 Å². The average molecular weight is 360 g/mol. The molecule has 1 aromatic rings. The number of anilines is 1. The average Bonchev–Trinajstić information content (AvgIpc) is 2.93. The number of nitrogens with one attached hydrogen (secondary N) is 2. The lowest BCUT2D eigenvalue weighted by Crippen LogP contribution is -2.52. The number of nitrogens with zero attached hydrogens (tertiary/aromatic N) is 2. The molecular formula is C18H21FN4O3. The Kier molecular flexibility index (Phi) is 4.14. The molecule has 2 saturated heterocycles. The van der Waals surface area contributed by atoms with Crippen molar-refractivity contribution in [2.24, 2.45) is 0 Å². The minimum absolute atomic E-state index is 0.0612. The zero-order valence-corrected chi connectivity index (χ0v) is 14.6. The van der Waals surface area contributed by atoms with Crippen LogP contribution in [-0.4, -0.2) is 54.8 Å². The topological polar surface area (TPSA) is 81.8 Å². The Morgan fingerprint density at radius 3 is 2.62 bits per heavy atom. The van der Waals surface area contributed by atoms with Crippen LogP contribution in [0.1, 0.15) is 34.3 Å². The first-order valence-electron chi connectivity index (χ1n) is 8.89. The van der Waals surface area contributed by atoms with Crippen molar-refractivity contribution >= 4 is 23.4 Å². The molecule has 0 spiro atoms. The van der Waals surface area contributed by atoms with E-state index in [1.165, 1.54) is 4.90 Å². The van der Waals surface area contributed by atoms with Gasteiger partial charge in [0.15, 0.2) is 5.82 Å². The van der Waals surface area contributed by atoms with Crippen LogP contribution in [0.5, 0.6) is 0 Å². The highest BCUT2D eigenvalue weighted by molar-refractivity contribution is 6.05. The smallest absolute Gasteiger partial charge is 0.255 e. The van der Waals surface area contributed by atoms with E-state index in [4.69, 9.17) is 0 Å². The van der Waals surface area contributed by atoms with Crippen LogP contribution >= 0.6 is 0 Å². The van der Waals surface area contributed by atoms with Gasteiger partial charge in [-0.2, -0.15) is 0 Å². The van der Waals surface area contributed by atoms with E-state index in [-0.39, 0.29) is 37.0 Å². The van der Waals surface area contributed by atoms with Crippen molar-refractivity contribution in [3.63, 3.8) is 0 Å². The quantitative estimate of drug-likeness (QED) is 0.742. The van der Waals surface area contributed by atoms with Crippen molar-refractivity contribution < 1.29 is 18.8 Å². The van der Waals surface area contributed by atoms with Gasteiger partial charge in [-0.05, 0) is 25.0 Å². The number of carbonyl (C=O) groups is 3. The predicted molar refractivity (Wildman–Crippen MR) is 92.3 cm³/mol. The van der Waals surface area contributed by atoms with E-state index < -0.39 is 11.9 Å². The van der Waals surface area contributed by atoms with Crippen LogP contribution in [0, 0.1) is 12.7 Å². The van der Waals surface area contributed by atoms with Gasteiger partial charge in [0, 0.05) is 43.7 Å². The highest BCUT2D eigenvalue weighted by Crippen LogP contribution is 2.36. The molecule has 3 aliphatic heterocycles. The summed E-state index contributed by atoms with van der Waals surface area (Å²) in [5, 5.41) is 5.50. The maximum absolute atomic E-state index is 15.3. The fraction of sp³-hybridized carbons (Fsp3) is 0.500. The zero-order chi connectivity index (χ0) is 18.4. The summed E-state index contributed by atoms with van der Waals surface area (Å²) in [7, 11) is 0. The minimum atomic E-state index is -0.727. The third-order valence-corrected chi connectivity index (χ3v) is 5.37. The Morgan fingerprint density at radius 1 is 1.19 bits per heavy atom. The zero-order valence-electron chi connectivity index (χ0n) is 14.6. The largest absolute Gasteiger partial charge is 0.366 e. The molecule has 3 amide bonds. The summed E-state index contributed by atoms with van der Waals surface area (Å²) in [6.45, 7) is 4.87. The fourth-order valence-electron chi connectivity index (χ4n) is 4.06. The normalized spacial score (nSPS) is 23.3. The predicted octanol–water partition coefficient (Wildman–Crippen LogP) is 0.305. The molecule has 1 atom stereocenters. The second-order valence-electron chi connectivity index (χ2n) is 7.02. The number of piperazine rings is 1. The van der Waals surface area contributed by atoms with Crippen LogP contribution in [-0.2, 0) is 16.1 Å². The van der Waals surface area contributed by atoms with Crippen LogP contribution in [0.3, 0.4) is 0 Å². The van der Waals surface area contributed by atoms with E-state index in [0.717, 1.165) is 18.7 Å². The highest BCUT2D eigenvalue weighted by Gasteiger charge is 2.41. The van der Waals surface area contributed by atoms with E-state index in [0.29, 0.717) is 29.9 Å². The molecule has 0 radical (unpaired) electrons. The van der Waals surface area contributed by atoms with Gasteiger partial charge in [0.25, 0.3) is 5.91 Å². The van der Waals surface area contributed by atoms with Gasteiger partial charge in [-0.3, -0.25) is 19.7 Å². The van der Waals surface area contributed by atoms with Crippen LogP contribution in [0.2, 0.25) is 0 Å². The summed E-state index contributed by atoms with van der Waals surface area (Å²) in [5.74, 6) is -1.53. The summed E-state index contributed by atoms with van der Waals surface area (Å²) in [6.07, 6.45) is 0.458. The van der Waals surface area contributed by atoms with Gasteiger partial charge in [0.2, 0.25) is 11.8 Å². The standard InChI is InChI=1S/C18H21FN4O3/c1-10-8-11-12(15(19)16(10)22-6-4-20-5-7-22)9-23(18(11)26)13-2-3-14(24)21-17(13)25/h8,13,20H,2-7,9H2,1H3,(H,21,24,25). The number of benzene rings is 1. The fourth-order valence-corrected chi connectivity index (χ4v) is 4.06. The SMILES string of the molecule is Cc1cc2c(c(F)c1N1CCNCC1)CN(C1CCC(=O)NC1=O)C2=O. The second-order valence-corrected chi connectivity index (χ2v) is 7.02. The molecule has 0 aromatic heterocycles. The molecular weight excluding hydrogens is 339 g/mol. The Labute approximate surface area is 150 Å². The molecule has 138 valence electrons. The first-order chi connectivity index (χ1) is 12.5. The van der Waals surface area contributed by atoms with Crippen LogP contribution in [0.25, 0.3) is 0 Å². The number of imide groups is 1. The van der Waals surface area contributed by atoms with Crippen LogP contribution in [0.4, 0.5) is 10.1 Å². The van der Waals surface area contributed by atoms with Gasteiger partial charge in [-0.1, -0.05) is 0 Å². The molecule has 3 aliphatic rings. The number of fused-ring (bicyclic) bond motifs is 1. The Balaban J connectivity index is 1.67. The van der Waals surface area contributed by atoms with Gasteiger partial charge in [-0.15, -0.1) is 0 Å². The van der Waals surface area contributed by atoms with Crippen LogP contribution < -0.4 is 15.5 Å². The molecule has 2 fully saturated rings. The summed E-state index contributed by atoms with van der Waals surface area (Å²) in [4.78, 5) is 39.6. The maximum Gasteiger partial charge on any atom is 0.255 e. The molecule has 1 unspecified atom stereocenters. The molecule has 2 N–H and O–H groups in total. The van der Waals surface area contributed by atoms with Gasteiger partial charge in [-0.25, -0.2) is 4.39 Å². The summed E-state index contributed by atoms with van der Waals surface area (Å²) >= 11 is 0. The number of amides is 3. The lowest BCUT2D eigenvalue weighted by Gasteiger charge is -2.31. The molecule has 26 heavy (non-hydrogen) atoms. The van der Waals surface area contributed by atoms with E-state index >= 15 is 4.39 Å². The Hall–Kier alpha value is -2.48. The molecule has 3 heterocycles. The van der Waals surface area contributed by atoms with Crippen molar-refractivity contribution in [3.8, 4) is 0 Å². The lowest BCUT2D eigenvalue weighted by atomic mass is 10.0. The Bertz CT molecular complexity index is 804. The number of hydrogen-bond donors (Lipinski definition) is 2. The molecule has 8 heteroatoms. The maximum atomic E-state index is 15.3. The third-order valence-electron chi connectivity index (χ3n) is 5.37. The number of aryl methyl sites for hydroxylation is 1. The molecule has 4 rings (SSSR count). The number of hydrogen-bond acceptors (Lipinski definition) is 5. The number of halogens is 1. The lowest BCUT2D eigenvalue weighted by molar-refractivity contribution is -0.136. The summed E-state index contributed by atoms with van der Waals surface area (Å²) in [6, 6.07) is 0.999. The number of carbonyl (C=O) groups excluding carboxylic acids is 3. The van der Waals surface area contributed by atoms with Crippen molar-refractivity contribution in [2.45, 2.75) is 32.4 Å². The van der Waals surface area contributed by atoms with E-state index in [1.807, 2.05) is 11.8 Å². The monoisotopic (exact) mass is 360 g/mol. The number of rotatable bonds is 2. The first-order valence-corrected chi connectivity index (χ1v) is 8.89. The van der Waals surface area contributed by atoms with E-state index in [1.54, 1.807) is 6.07 Å². The van der Waals surface area contributed by atoms with Crippen molar-refractivity contribution in [1.29, 1.82) is 0 Å². The van der Waals surface area contributed by atoms with E-state index in [9.17, 15) is 14.4 Å². The number of piperidine rings is 1. The van der Waals surface area contributed by atoms with Gasteiger partial charge in [0.1, 0.15) is 6.04 Å². The first kappa shape index (κ1) is 17.0.